The zero-order valence-corrected chi connectivity index (χ0v) is 30.9. The van der Waals surface area contributed by atoms with Crippen LogP contribution in [-0.2, 0) is 0 Å². The molecule has 3 unspecified atom stereocenters. The first-order valence-corrected chi connectivity index (χ1v) is 18.5. The van der Waals surface area contributed by atoms with E-state index in [0.29, 0.717) is 5.92 Å². The number of nitrogens with one attached hydrogen (secondary N) is 1. The zero-order valence-electron chi connectivity index (χ0n) is 30.9. The van der Waals surface area contributed by atoms with E-state index >= 15 is 0 Å². The van der Waals surface area contributed by atoms with Crippen LogP contribution in [0.3, 0.4) is 0 Å². The maximum Gasteiger partial charge on any atom is 0.115 e. The van der Waals surface area contributed by atoms with E-state index in [-0.39, 0.29) is 24.3 Å². The smallest absolute Gasteiger partial charge is 0.115 e. The van der Waals surface area contributed by atoms with E-state index < -0.39 is 0 Å². The lowest BCUT2D eigenvalue weighted by molar-refractivity contribution is 0.342. The second kappa shape index (κ2) is 16.6. The van der Waals surface area contributed by atoms with E-state index in [1.807, 2.05) is 45.9 Å². The molecule has 0 aromatic heterocycles. The summed E-state index contributed by atoms with van der Waals surface area (Å²) in [6, 6.07) is 34.2. The number of hydrogen-bond donors (Lipinski definition) is 3. The standard InChI is InChI=1S/C46H44N2O2.C2H6/c1-4-10-37(27-28-49)48(45-30-36-12-9-11-31(2)46(36)42-15-6-5-14-41(42)45)38-23-21-34(22-24-38)33-17-19-35(20-18-33)40-13-7-8-16-44(40)47-43-26-25-39(50)29-32(43)3;1-2/h4-10,12-27,29-31,40,44,47,49-50H,11,28H2,1-3H3;1-2H3/b10-4-,37-27+;. The third kappa shape index (κ3) is 7.54. The molecule has 4 heteroatoms. The number of aromatic hydroxyl groups is 1. The number of rotatable bonds is 9. The Kier molecular flexibility index (Phi) is 11.6. The molecule has 4 nitrogen and oxygen atoms in total. The molecule has 3 N–H and O–H groups in total. The number of allylic oxidation sites excluding steroid dienone is 5. The number of phenols is 1. The molecule has 5 aromatic rings. The lowest BCUT2D eigenvalue weighted by Crippen LogP contribution is -2.26. The average molecular weight is 687 g/mol. The Morgan fingerprint density at radius 1 is 0.865 bits per heavy atom. The number of nitrogens with zero attached hydrogens (tertiary/aromatic N) is 1. The molecule has 7 rings (SSSR count). The minimum atomic E-state index is -0.0582. The third-order valence-corrected chi connectivity index (χ3v) is 9.93. The first kappa shape index (κ1) is 36.2. The maximum absolute atomic E-state index is 10.1. The van der Waals surface area contributed by atoms with Crippen LogP contribution in [0.25, 0.3) is 28.0 Å². The fourth-order valence-electron chi connectivity index (χ4n) is 7.47. The summed E-state index contributed by atoms with van der Waals surface area (Å²) in [4.78, 5) is 2.27. The van der Waals surface area contributed by atoms with Crippen molar-refractivity contribution in [3.8, 4) is 16.9 Å². The van der Waals surface area contributed by atoms with Crippen LogP contribution >= 0.6 is 0 Å². The van der Waals surface area contributed by atoms with E-state index in [2.05, 4.69) is 139 Å². The molecule has 2 aliphatic rings. The van der Waals surface area contributed by atoms with Gasteiger partial charge in [0.1, 0.15) is 5.75 Å². The summed E-state index contributed by atoms with van der Waals surface area (Å²) in [5, 5.41) is 26.1. The van der Waals surface area contributed by atoms with Crippen molar-refractivity contribution >= 4 is 33.9 Å². The van der Waals surface area contributed by atoms with Crippen LogP contribution in [0.5, 0.6) is 5.75 Å². The number of hydrogen-bond acceptors (Lipinski definition) is 4. The van der Waals surface area contributed by atoms with Gasteiger partial charge in [0.2, 0.25) is 0 Å². The highest BCUT2D eigenvalue weighted by Gasteiger charge is 2.24. The van der Waals surface area contributed by atoms with Crippen LogP contribution in [0.1, 0.15) is 68.2 Å². The van der Waals surface area contributed by atoms with Gasteiger partial charge in [0.15, 0.2) is 0 Å². The summed E-state index contributed by atoms with van der Waals surface area (Å²) in [6.07, 6.45) is 20.2. The molecule has 0 saturated heterocycles. The number of aryl methyl sites for hydroxylation is 1. The first-order chi connectivity index (χ1) is 25.4. The molecular formula is C48H50N2O2. The lowest BCUT2D eigenvalue weighted by atomic mass is 9.84. The third-order valence-electron chi connectivity index (χ3n) is 9.93. The largest absolute Gasteiger partial charge is 0.508 e. The van der Waals surface area contributed by atoms with Crippen molar-refractivity contribution in [2.75, 3.05) is 16.8 Å². The molecule has 0 radical (unpaired) electrons. The lowest BCUT2D eigenvalue weighted by Gasteiger charge is -2.30. The molecule has 3 atom stereocenters. The molecule has 264 valence electrons. The van der Waals surface area contributed by atoms with Crippen LogP contribution in [0.15, 0.2) is 151 Å². The summed E-state index contributed by atoms with van der Waals surface area (Å²) in [6.45, 7) is 10.3. The van der Waals surface area contributed by atoms with E-state index in [9.17, 15) is 10.2 Å². The Hall–Kier alpha value is -5.58. The molecule has 0 saturated carbocycles. The minimum Gasteiger partial charge on any atom is -0.508 e. The van der Waals surface area contributed by atoms with Gasteiger partial charge in [0.25, 0.3) is 0 Å². The van der Waals surface area contributed by atoms with Crippen molar-refractivity contribution in [3.63, 3.8) is 0 Å². The van der Waals surface area contributed by atoms with Gasteiger partial charge < -0.3 is 20.4 Å². The number of fused-ring (bicyclic) bond motifs is 3. The molecule has 0 spiro atoms. The molecule has 0 amide bonds. The van der Waals surface area contributed by atoms with Crippen LogP contribution in [0.2, 0.25) is 0 Å². The van der Waals surface area contributed by atoms with Gasteiger partial charge in [-0.25, -0.2) is 0 Å². The molecular weight excluding hydrogens is 637 g/mol. The van der Waals surface area contributed by atoms with Crippen molar-refractivity contribution < 1.29 is 10.2 Å². The van der Waals surface area contributed by atoms with Gasteiger partial charge >= 0.3 is 0 Å². The molecule has 0 fully saturated rings. The minimum absolute atomic E-state index is 0.0582. The Morgan fingerprint density at radius 3 is 2.25 bits per heavy atom. The monoisotopic (exact) mass is 686 g/mol. The average Bonchev–Trinajstić information content (AvgIpc) is 3.17. The molecule has 52 heavy (non-hydrogen) atoms. The fourth-order valence-corrected chi connectivity index (χ4v) is 7.47. The van der Waals surface area contributed by atoms with Gasteiger partial charge in [-0.15, -0.1) is 0 Å². The first-order valence-electron chi connectivity index (χ1n) is 18.5. The Labute approximate surface area is 309 Å². The number of anilines is 3. The molecule has 5 aromatic carbocycles. The highest BCUT2D eigenvalue weighted by molar-refractivity contribution is 6.02. The van der Waals surface area contributed by atoms with Gasteiger partial charge in [-0.3, -0.25) is 0 Å². The van der Waals surface area contributed by atoms with Crippen molar-refractivity contribution in [3.05, 3.63) is 174 Å². The summed E-state index contributed by atoms with van der Waals surface area (Å²) in [5.74, 6) is 0.900. The highest BCUT2D eigenvalue weighted by Crippen LogP contribution is 2.44. The van der Waals surface area contributed by atoms with Crippen molar-refractivity contribution in [1.82, 2.24) is 0 Å². The highest BCUT2D eigenvalue weighted by atomic mass is 16.3. The zero-order chi connectivity index (χ0) is 36.6. The van der Waals surface area contributed by atoms with Crippen molar-refractivity contribution in [2.45, 2.75) is 58.9 Å². The number of phenolic OH excluding ortho intramolecular Hbond substituents is 1. The van der Waals surface area contributed by atoms with Crippen LogP contribution in [-0.4, -0.2) is 22.9 Å². The van der Waals surface area contributed by atoms with Gasteiger partial charge in [-0.05, 0) is 114 Å². The van der Waals surface area contributed by atoms with Crippen LogP contribution < -0.4 is 10.2 Å². The number of aliphatic hydroxyl groups is 1. The second-order valence-corrected chi connectivity index (χ2v) is 13.3. The normalized spacial score (nSPS) is 17.9. The van der Waals surface area contributed by atoms with Crippen LogP contribution in [0.4, 0.5) is 17.1 Å². The van der Waals surface area contributed by atoms with E-state index in [1.54, 1.807) is 12.1 Å². The molecule has 0 aliphatic heterocycles. The topological polar surface area (TPSA) is 55.7 Å². The quantitative estimate of drug-likeness (QED) is 0.107. The van der Waals surface area contributed by atoms with Crippen LogP contribution in [0, 0.1) is 6.92 Å². The van der Waals surface area contributed by atoms with Crippen molar-refractivity contribution in [2.24, 2.45) is 0 Å². The Balaban J connectivity index is 0.00000228. The number of benzene rings is 5. The maximum atomic E-state index is 10.1. The van der Waals surface area contributed by atoms with Gasteiger partial charge in [0, 0.05) is 28.4 Å². The Bertz CT molecular complexity index is 2150. The van der Waals surface area contributed by atoms with Crippen molar-refractivity contribution in [1.29, 1.82) is 0 Å². The predicted octanol–water partition coefficient (Wildman–Crippen LogP) is 12.3. The van der Waals surface area contributed by atoms with Gasteiger partial charge in [-0.2, -0.15) is 0 Å². The second-order valence-electron chi connectivity index (χ2n) is 13.3. The molecule has 0 bridgehead atoms. The fraction of sp³-hybridized carbons (Fsp3) is 0.208. The Morgan fingerprint density at radius 2 is 1.56 bits per heavy atom. The SMILES string of the molecule is C/C=C\C(=C/CO)N(c1ccc(-c2ccc(C3C=CC=CC3Nc3ccc(O)cc3C)cc2)cc1)c1cc2c(c3ccccc13)C(C)CC=C2.CC. The summed E-state index contributed by atoms with van der Waals surface area (Å²) < 4.78 is 0. The summed E-state index contributed by atoms with van der Waals surface area (Å²) in [7, 11) is 0. The van der Waals surface area contributed by atoms with Gasteiger partial charge in [0.05, 0.1) is 18.3 Å². The van der Waals surface area contributed by atoms with E-state index in [0.717, 1.165) is 45.9 Å². The van der Waals surface area contributed by atoms with Gasteiger partial charge in [-0.1, -0.05) is 124 Å². The predicted molar refractivity (Wildman–Crippen MR) is 223 cm³/mol. The number of aliphatic hydroxyl groups excluding tert-OH is 1. The van der Waals surface area contributed by atoms with E-state index in [1.165, 1.54) is 27.5 Å². The summed E-state index contributed by atoms with van der Waals surface area (Å²) in [5.41, 5.74) is 11.3. The molecule has 0 heterocycles. The van der Waals surface area contributed by atoms with E-state index in [4.69, 9.17) is 0 Å². The summed E-state index contributed by atoms with van der Waals surface area (Å²) >= 11 is 0. The molecule has 2 aliphatic carbocycles.